The zero-order valence-corrected chi connectivity index (χ0v) is 12.3. The highest BCUT2D eigenvalue weighted by Crippen LogP contribution is 2.30. The molecule has 1 N–H and O–H groups in total. The van der Waals surface area contributed by atoms with E-state index in [-0.39, 0.29) is 39.4 Å². The summed E-state index contributed by atoms with van der Waals surface area (Å²) in [5.41, 5.74) is -0.0521. The number of H-pyrrole nitrogens is 1. The van der Waals surface area contributed by atoms with Crippen molar-refractivity contribution < 1.29 is 19.1 Å². The minimum Gasteiger partial charge on any atom is -0.423 e. The lowest BCUT2D eigenvalue weighted by Crippen LogP contribution is -2.10. The molecule has 1 aromatic carbocycles. The van der Waals surface area contributed by atoms with Gasteiger partial charge in [-0.1, -0.05) is 0 Å². The van der Waals surface area contributed by atoms with Gasteiger partial charge in [-0.25, -0.2) is 4.98 Å². The van der Waals surface area contributed by atoms with Gasteiger partial charge in [0.15, 0.2) is 11.5 Å². The highest BCUT2D eigenvalue weighted by atomic mass is 79.9. The van der Waals surface area contributed by atoms with Crippen LogP contribution in [0, 0.1) is 0 Å². The Morgan fingerprint density at radius 2 is 1.65 bits per heavy atom. The van der Waals surface area contributed by atoms with Crippen LogP contribution in [0.4, 0.5) is 0 Å². The molecule has 106 valence electrons. The normalized spacial score (nSPS) is 9.70. The quantitative estimate of drug-likeness (QED) is 0.653. The van der Waals surface area contributed by atoms with E-state index in [2.05, 4.69) is 9.97 Å². The molecule has 0 spiro atoms. The van der Waals surface area contributed by atoms with Crippen LogP contribution in [0.2, 0.25) is 0 Å². The number of aromatic amines is 1. The molecule has 0 saturated heterocycles. The van der Waals surface area contributed by atoms with Crippen molar-refractivity contribution in [3.63, 3.8) is 0 Å². The highest BCUT2D eigenvalue weighted by Gasteiger charge is 2.13. The molecule has 20 heavy (non-hydrogen) atoms. The summed E-state index contributed by atoms with van der Waals surface area (Å²) in [6.07, 6.45) is 1.23. The third-order valence-corrected chi connectivity index (χ3v) is 2.21. The molecule has 2 aromatic rings. The summed E-state index contributed by atoms with van der Waals surface area (Å²) < 4.78 is 9.84. The van der Waals surface area contributed by atoms with Gasteiger partial charge < -0.3 is 14.5 Å². The van der Waals surface area contributed by atoms with Crippen molar-refractivity contribution in [1.29, 1.82) is 0 Å². The number of ether oxygens (including phenoxy) is 2. The maximum absolute atomic E-state index is 11.6. The molecule has 0 saturated carbocycles. The Labute approximate surface area is 123 Å². The van der Waals surface area contributed by atoms with E-state index in [1.807, 2.05) is 0 Å². The van der Waals surface area contributed by atoms with Gasteiger partial charge in [0.25, 0.3) is 5.56 Å². The summed E-state index contributed by atoms with van der Waals surface area (Å²) >= 11 is 0. The maximum Gasteiger partial charge on any atom is 0.308 e. The second kappa shape index (κ2) is 6.29. The molecule has 2 rings (SSSR count). The fourth-order valence-corrected chi connectivity index (χ4v) is 1.55. The predicted molar refractivity (Wildman–Crippen MR) is 75.3 cm³/mol. The Bertz CT molecular complexity index is 725. The van der Waals surface area contributed by atoms with Gasteiger partial charge in [-0.05, 0) is 6.07 Å². The molecule has 0 unspecified atom stereocenters. The number of nitrogens with zero attached hydrogens (tertiary/aromatic N) is 1. The number of carbonyl (C=O) groups is 2. The first-order chi connectivity index (χ1) is 8.97. The molecule has 0 amide bonds. The van der Waals surface area contributed by atoms with E-state index >= 15 is 0 Å². The van der Waals surface area contributed by atoms with Crippen molar-refractivity contribution >= 4 is 39.8 Å². The van der Waals surface area contributed by atoms with E-state index in [0.717, 1.165) is 0 Å². The van der Waals surface area contributed by atoms with Gasteiger partial charge in [0.2, 0.25) is 0 Å². The smallest absolute Gasteiger partial charge is 0.308 e. The van der Waals surface area contributed by atoms with Crippen LogP contribution in [0.3, 0.4) is 0 Å². The molecule has 0 aliphatic rings. The second-order valence-corrected chi connectivity index (χ2v) is 3.74. The van der Waals surface area contributed by atoms with E-state index in [1.54, 1.807) is 0 Å². The van der Waals surface area contributed by atoms with Gasteiger partial charge in [-0.2, -0.15) is 0 Å². The van der Waals surface area contributed by atoms with Crippen molar-refractivity contribution in [2.45, 2.75) is 13.8 Å². The van der Waals surface area contributed by atoms with Crippen LogP contribution in [0.25, 0.3) is 10.9 Å². The summed E-state index contributed by atoms with van der Waals surface area (Å²) in [4.78, 5) is 40.0. The summed E-state index contributed by atoms with van der Waals surface area (Å²) in [5.74, 6) is -1.13. The van der Waals surface area contributed by atoms with E-state index in [1.165, 1.54) is 32.3 Å². The van der Waals surface area contributed by atoms with Crippen LogP contribution in [0.1, 0.15) is 13.8 Å². The lowest BCUT2D eigenvalue weighted by molar-refractivity contribution is -0.134. The summed E-state index contributed by atoms with van der Waals surface area (Å²) in [6.45, 7) is 2.42. The molecule has 0 atom stereocenters. The third kappa shape index (κ3) is 3.41. The van der Waals surface area contributed by atoms with E-state index in [9.17, 15) is 14.4 Å². The van der Waals surface area contributed by atoms with Crippen molar-refractivity contribution in [2.24, 2.45) is 0 Å². The van der Waals surface area contributed by atoms with E-state index in [0.29, 0.717) is 5.52 Å². The minimum absolute atomic E-state index is 0. The Hall–Kier alpha value is -2.22. The first-order valence-electron chi connectivity index (χ1n) is 5.35. The maximum atomic E-state index is 11.6. The highest BCUT2D eigenvalue weighted by molar-refractivity contribution is 8.93. The van der Waals surface area contributed by atoms with Gasteiger partial charge in [-0.15, -0.1) is 17.0 Å². The zero-order chi connectivity index (χ0) is 14.0. The molecule has 1 aromatic heterocycles. The Morgan fingerprint density at radius 1 is 1.10 bits per heavy atom. The first kappa shape index (κ1) is 15.8. The number of hydrogen-bond acceptors (Lipinski definition) is 6. The molecular formula is C12H11BrN2O5. The lowest BCUT2D eigenvalue weighted by atomic mass is 10.2. The van der Waals surface area contributed by atoms with Crippen molar-refractivity contribution in [3.8, 4) is 11.5 Å². The van der Waals surface area contributed by atoms with Crippen LogP contribution in [0.5, 0.6) is 11.5 Å². The number of aromatic nitrogens is 2. The largest absolute Gasteiger partial charge is 0.423 e. The molecule has 0 aliphatic carbocycles. The van der Waals surface area contributed by atoms with Gasteiger partial charge in [0.05, 0.1) is 17.2 Å². The average Bonchev–Trinajstić information content (AvgIpc) is 2.29. The standard InChI is InChI=1S/C12H10N2O5.BrH/c1-6(15)18-10-3-8-9(13-5-14-12(8)17)4-11(10)19-7(2)16;/h3-5H,1-2H3,(H,13,14,17);1H. The van der Waals surface area contributed by atoms with Crippen molar-refractivity contribution in [3.05, 3.63) is 28.8 Å². The van der Waals surface area contributed by atoms with Crippen molar-refractivity contribution in [1.82, 2.24) is 9.97 Å². The third-order valence-electron chi connectivity index (χ3n) is 2.21. The topological polar surface area (TPSA) is 98.3 Å². The zero-order valence-electron chi connectivity index (χ0n) is 10.6. The number of hydrogen-bond donors (Lipinski definition) is 1. The number of carbonyl (C=O) groups excluding carboxylic acids is 2. The van der Waals surface area contributed by atoms with Crippen LogP contribution in [0.15, 0.2) is 23.3 Å². The molecule has 0 radical (unpaired) electrons. The van der Waals surface area contributed by atoms with Crippen molar-refractivity contribution in [2.75, 3.05) is 0 Å². The molecule has 7 nitrogen and oxygen atoms in total. The number of rotatable bonds is 2. The molecule has 0 bridgehead atoms. The fourth-order valence-electron chi connectivity index (χ4n) is 1.55. The van der Waals surface area contributed by atoms with Crippen LogP contribution < -0.4 is 15.0 Å². The molecular weight excluding hydrogens is 332 g/mol. The number of nitrogens with one attached hydrogen (secondary N) is 1. The number of fused-ring (bicyclic) bond motifs is 1. The summed E-state index contributed by atoms with van der Waals surface area (Å²) in [5, 5.41) is 0.231. The van der Waals surface area contributed by atoms with Crippen LogP contribution >= 0.6 is 17.0 Å². The van der Waals surface area contributed by atoms with Crippen LogP contribution in [-0.2, 0) is 9.59 Å². The Kier molecular flexibility index (Phi) is 4.98. The van der Waals surface area contributed by atoms with E-state index < -0.39 is 11.9 Å². The Morgan fingerprint density at radius 3 is 2.20 bits per heavy atom. The molecule has 1 heterocycles. The average molecular weight is 343 g/mol. The predicted octanol–water partition coefficient (Wildman–Crippen LogP) is 1.35. The van der Waals surface area contributed by atoms with Gasteiger partial charge in [0, 0.05) is 19.9 Å². The molecule has 0 fully saturated rings. The van der Waals surface area contributed by atoms with Gasteiger partial charge in [0.1, 0.15) is 0 Å². The lowest BCUT2D eigenvalue weighted by Gasteiger charge is -2.09. The van der Waals surface area contributed by atoms with Gasteiger partial charge >= 0.3 is 11.9 Å². The molecule has 8 heteroatoms. The van der Waals surface area contributed by atoms with Gasteiger partial charge in [-0.3, -0.25) is 14.4 Å². The number of halogens is 1. The monoisotopic (exact) mass is 342 g/mol. The van der Waals surface area contributed by atoms with E-state index in [4.69, 9.17) is 9.47 Å². The summed E-state index contributed by atoms with van der Waals surface area (Å²) in [7, 11) is 0. The fraction of sp³-hybridized carbons (Fsp3) is 0.167. The molecule has 0 aliphatic heterocycles. The van der Waals surface area contributed by atoms with Crippen LogP contribution in [-0.4, -0.2) is 21.9 Å². The number of benzene rings is 1. The number of esters is 2. The first-order valence-corrected chi connectivity index (χ1v) is 5.35. The minimum atomic E-state index is -0.590. The SMILES string of the molecule is Br.CC(=O)Oc1cc2nc[nH]c(=O)c2cc1OC(C)=O. The Balaban J connectivity index is 0.00000200. The second-order valence-electron chi connectivity index (χ2n) is 3.74. The summed E-state index contributed by atoms with van der Waals surface area (Å²) in [6, 6.07) is 2.67.